The number of hydrogen-bond acceptors (Lipinski definition) is 8. The van der Waals surface area contributed by atoms with Crippen LogP contribution in [0.25, 0.3) is 0 Å². The van der Waals surface area contributed by atoms with Gasteiger partial charge in [-0.15, -0.1) is 0 Å². The number of ether oxygens (including phenoxy) is 2. The van der Waals surface area contributed by atoms with Crippen LogP contribution < -0.4 is 5.32 Å². The highest BCUT2D eigenvalue weighted by Gasteiger charge is 2.44. The maximum Gasteiger partial charge on any atom is 0.220 e. The molecule has 1 rings (SSSR count). The summed E-state index contributed by atoms with van der Waals surface area (Å²) in [4.78, 5) is 12.5. The summed E-state index contributed by atoms with van der Waals surface area (Å²) in [5.74, 6) is -0.220. The number of rotatable bonds is 25. The van der Waals surface area contributed by atoms with E-state index in [9.17, 15) is 30.3 Å². The fourth-order valence-corrected chi connectivity index (χ4v) is 4.89. The molecule has 7 atom stereocenters. The van der Waals surface area contributed by atoms with E-state index in [2.05, 4.69) is 43.5 Å². The Kier molecular flexibility index (Phi) is 23.6. The van der Waals surface area contributed by atoms with Crippen molar-refractivity contribution in [3.8, 4) is 0 Å². The fraction of sp³-hybridized carbons (Fsp3) is 0.794. The normalized spacial score (nSPS) is 24.3. The molecule has 0 spiro atoms. The van der Waals surface area contributed by atoms with Crippen molar-refractivity contribution in [2.45, 2.75) is 159 Å². The Hall–Kier alpha value is -1.59. The van der Waals surface area contributed by atoms with Crippen LogP contribution in [0.4, 0.5) is 0 Å². The molecule has 9 nitrogen and oxygen atoms in total. The van der Waals surface area contributed by atoms with Crippen molar-refractivity contribution in [3.63, 3.8) is 0 Å². The Morgan fingerprint density at radius 1 is 0.767 bits per heavy atom. The molecular formula is C34H61NO8. The van der Waals surface area contributed by atoms with Crippen LogP contribution in [0.2, 0.25) is 0 Å². The van der Waals surface area contributed by atoms with Gasteiger partial charge in [-0.3, -0.25) is 4.79 Å². The first-order chi connectivity index (χ1) is 20.8. The van der Waals surface area contributed by atoms with Crippen molar-refractivity contribution in [1.29, 1.82) is 0 Å². The molecule has 0 aromatic carbocycles. The zero-order valence-electron chi connectivity index (χ0n) is 26.7. The quantitative estimate of drug-likeness (QED) is 0.0648. The van der Waals surface area contributed by atoms with Crippen LogP contribution in [-0.2, 0) is 14.3 Å². The highest BCUT2D eigenvalue weighted by atomic mass is 16.7. The monoisotopic (exact) mass is 611 g/mol. The van der Waals surface area contributed by atoms with Gasteiger partial charge in [0.1, 0.15) is 24.4 Å². The number of unbranched alkanes of at least 4 members (excludes halogenated alkanes) is 11. The zero-order valence-corrected chi connectivity index (χ0v) is 26.7. The molecule has 0 saturated carbocycles. The lowest BCUT2D eigenvalue weighted by Crippen LogP contribution is -2.60. The standard InChI is InChI=1S/C34H61NO8/c1-3-5-7-8-9-10-11-12-13-14-15-16-17-18-19-20-22-23-28(37)27(35-30(38)24-21-6-4-2)26-42-34-33(41)32(40)31(39)29(25-36)43-34/h13-14,17-18,22-23,27-29,31-34,36-37,39-41H,3-12,15-16,19-21,24-26H2,1-2H3,(H,35,38)/b14-13+,18-17+,23-22+. The molecule has 0 bridgehead atoms. The minimum absolute atomic E-state index is 0.208. The second-order valence-corrected chi connectivity index (χ2v) is 11.6. The molecule has 0 aliphatic carbocycles. The van der Waals surface area contributed by atoms with Gasteiger partial charge in [0, 0.05) is 6.42 Å². The van der Waals surface area contributed by atoms with Crippen molar-refractivity contribution in [3.05, 3.63) is 36.5 Å². The Morgan fingerprint density at radius 2 is 1.33 bits per heavy atom. The van der Waals surface area contributed by atoms with E-state index in [1.54, 1.807) is 6.08 Å². The van der Waals surface area contributed by atoms with Gasteiger partial charge in [-0.1, -0.05) is 102 Å². The average molecular weight is 612 g/mol. The highest BCUT2D eigenvalue weighted by Crippen LogP contribution is 2.22. The number of aliphatic hydroxyl groups is 5. The summed E-state index contributed by atoms with van der Waals surface area (Å²) >= 11 is 0. The summed E-state index contributed by atoms with van der Waals surface area (Å²) in [5.41, 5.74) is 0. The molecule has 9 heteroatoms. The summed E-state index contributed by atoms with van der Waals surface area (Å²) in [6, 6.07) is -0.818. The summed E-state index contributed by atoms with van der Waals surface area (Å²) in [6.45, 7) is 3.52. The average Bonchev–Trinajstić information content (AvgIpc) is 3.00. The zero-order chi connectivity index (χ0) is 31.7. The minimum atomic E-state index is -1.57. The number of hydrogen-bond donors (Lipinski definition) is 6. The number of carbonyl (C=O) groups excluding carboxylic acids is 1. The van der Waals surface area contributed by atoms with E-state index >= 15 is 0 Å². The molecule has 0 radical (unpaired) electrons. The van der Waals surface area contributed by atoms with Gasteiger partial charge in [0.15, 0.2) is 6.29 Å². The number of aliphatic hydroxyl groups excluding tert-OH is 5. The molecular weight excluding hydrogens is 550 g/mol. The molecule has 1 fully saturated rings. The Bertz CT molecular complexity index is 771. The van der Waals surface area contributed by atoms with Crippen molar-refractivity contribution in [2.24, 2.45) is 0 Å². The summed E-state index contributed by atoms with van der Waals surface area (Å²) < 4.78 is 11.0. The van der Waals surface area contributed by atoms with Gasteiger partial charge in [-0.05, 0) is 44.9 Å². The predicted molar refractivity (Wildman–Crippen MR) is 170 cm³/mol. The Morgan fingerprint density at radius 3 is 1.95 bits per heavy atom. The lowest BCUT2D eigenvalue weighted by molar-refractivity contribution is -0.302. The van der Waals surface area contributed by atoms with Crippen LogP contribution in [0.5, 0.6) is 0 Å². The van der Waals surface area contributed by atoms with Crippen LogP contribution in [0.3, 0.4) is 0 Å². The third-order valence-corrected chi connectivity index (χ3v) is 7.70. The second kappa shape index (κ2) is 25.7. The number of carbonyl (C=O) groups is 1. The van der Waals surface area contributed by atoms with Crippen LogP contribution in [0.15, 0.2) is 36.5 Å². The third-order valence-electron chi connectivity index (χ3n) is 7.70. The SMILES string of the molecule is CCCCCCCCC/C=C/CC/C=C/CC/C=C/C(O)C(COC1OC(CO)C(O)C(O)C1O)NC(=O)CCCCC. The number of amides is 1. The molecule has 250 valence electrons. The third kappa shape index (κ3) is 18.1. The van der Waals surface area contributed by atoms with Gasteiger partial charge in [0.05, 0.1) is 25.4 Å². The number of allylic oxidation sites excluding steroid dienone is 5. The second-order valence-electron chi connectivity index (χ2n) is 11.6. The molecule has 1 amide bonds. The van der Waals surface area contributed by atoms with Gasteiger partial charge in [0.25, 0.3) is 0 Å². The maximum absolute atomic E-state index is 12.5. The van der Waals surface area contributed by atoms with Crippen molar-refractivity contribution in [1.82, 2.24) is 5.32 Å². The van der Waals surface area contributed by atoms with E-state index < -0.39 is 49.5 Å². The Labute approximate surface area is 260 Å². The van der Waals surface area contributed by atoms with E-state index in [1.165, 1.54) is 51.4 Å². The minimum Gasteiger partial charge on any atom is -0.394 e. The summed E-state index contributed by atoms with van der Waals surface area (Å²) in [7, 11) is 0. The highest BCUT2D eigenvalue weighted by molar-refractivity contribution is 5.76. The molecule has 0 aromatic heterocycles. The summed E-state index contributed by atoms with van der Waals surface area (Å²) in [5, 5.41) is 53.2. The van der Waals surface area contributed by atoms with Gasteiger partial charge in [-0.25, -0.2) is 0 Å². The van der Waals surface area contributed by atoms with E-state index in [1.807, 2.05) is 6.08 Å². The topological polar surface area (TPSA) is 149 Å². The molecule has 1 aliphatic rings. The summed E-state index contributed by atoms with van der Waals surface area (Å²) in [6.07, 6.45) is 21.3. The van der Waals surface area contributed by atoms with Crippen LogP contribution >= 0.6 is 0 Å². The molecule has 1 saturated heterocycles. The predicted octanol–water partition coefficient (Wildman–Crippen LogP) is 4.60. The number of nitrogens with one attached hydrogen (secondary N) is 1. The van der Waals surface area contributed by atoms with Crippen LogP contribution in [-0.4, -0.2) is 87.5 Å². The first-order valence-corrected chi connectivity index (χ1v) is 16.7. The largest absolute Gasteiger partial charge is 0.394 e. The first-order valence-electron chi connectivity index (χ1n) is 16.7. The smallest absolute Gasteiger partial charge is 0.220 e. The van der Waals surface area contributed by atoms with Gasteiger partial charge in [0.2, 0.25) is 5.91 Å². The van der Waals surface area contributed by atoms with Crippen molar-refractivity contribution >= 4 is 5.91 Å². The molecule has 43 heavy (non-hydrogen) atoms. The van der Waals surface area contributed by atoms with Crippen molar-refractivity contribution < 1.29 is 39.8 Å². The molecule has 1 heterocycles. The maximum atomic E-state index is 12.5. The lowest BCUT2D eigenvalue weighted by atomic mass is 9.99. The van der Waals surface area contributed by atoms with Crippen molar-refractivity contribution in [2.75, 3.05) is 13.2 Å². The molecule has 1 aliphatic heterocycles. The molecule has 7 unspecified atom stereocenters. The van der Waals surface area contributed by atoms with E-state index in [0.29, 0.717) is 6.42 Å². The van der Waals surface area contributed by atoms with Gasteiger partial charge >= 0.3 is 0 Å². The van der Waals surface area contributed by atoms with E-state index in [0.717, 1.165) is 44.9 Å². The lowest BCUT2D eigenvalue weighted by Gasteiger charge is -2.40. The Balaban J connectivity index is 2.43. The molecule has 6 N–H and O–H groups in total. The fourth-order valence-electron chi connectivity index (χ4n) is 4.89. The first kappa shape index (κ1) is 39.4. The van der Waals surface area contributed by atoms with E-state index in [4.69, 9.17) is 9.47 Å². The molecule has 0 aromatic rings. The van der Waals surface area contributed by atoms with E-state index in [-0.39, 0.29) is 12.5 Å². The van der Waals surface area contributed by atoms with Crippen LogP contribution in [0.1, 0.15) is 117 Å². The van der Waals surface area contributed by atoms with Gasteiger partial charge < -0.3 is 40.3 Å². The van der Waals surface area contributed by atoms with Gasteiger partial charge in [-0.2, -0.15) is 0 Å². The van der Waals surface area contributed by atoms with Crippen LogP contribution in [0, 0.1) is 0 Å².